The molecule has 7 nitrogen and oxygen atoms in total. The van der Waals surface area contributed by atoms with E-state index in [0.717, 1.165) is 24.6 Å². The Morgan fingerprint density at radius 1 is 1.09 bits per heavy atom. The van der Waals surface area contributed by atoms with Crippen LogP contribution in [-0.4, -0.2) is 72.7 Å². The molecule has 0 radical (unpaired) electrons. The lowest BCUT2D eigenvalue weighted by Gasteiger charge is -2.37. The molecule has 2 fully saturated rings. The van der Waals surface area contributed by atoms with Crippen LogP contribution in [-0.2, 0) is 9.53 Å². The highest BCUT2D eigenvalue weighted by atomic mass is 19.2. The van der Waals surface area contributed by atoms with E-state index in [1.54, 1.807) is 17.2 Å². The fourth-order valence-electron chi connectivity index (χ4n) is 4.35. The molecule has 2 amide bonds. The largest absolute Gasteiger partial charge is 0.449 e. The van der Waals surface area contributed by atoms with E-state index in [9.17, 15) is 18.4 Å². The lowest BCUT2D eigenvalue weighted by molar-refractivity contribution is -0.135. The lowest BCUT2D eigenvalue weighted by atomic mass is 10.1. The van der Waals surface area contributed by atoms with Crippen molar-refractivity contribution in [1.82, 2.24) is 14.8 Å². The second-order valence-corrected chi connectivity index (χ2v) is 8.33. The van der Waals surface area contributed by atoms with Crippen LogP contribution >= 0.6 is 0 Å². The van der Waals surface area contributed by atoms with Crippen molar-refractivity contribution >= 4 is 28.6 Å². The van der Waals surface area contributed by atoms with Gasteiger partial charge in [0.1, 0.15) is 0 Å². The number of pyridine rings is 1. The number of halogens is 2. The molecule has 0 unspecified atom stereocenters. The fraction of sp³-hybridized carbons (Fsp3) is 0.522. The van der Waals surface area contributed by atoms with Gasteiger partial charge in [-0.2, -0.15) is 0 Å². The molecule has 0 aliphatic carbocycles. The molecule has 2 aliphatic rings. The van der Waals surface area contributed by atoms with Crippen molar-refractivity contribution < 1.29 is 23.1 Å². The van der Waals surface area contributed by atoms with Gasteiger partial charge in [-0.3, -0.25) is 9.78 Å². The topological polar surface area (TPSA) is 66.0 Å². The molecule has 1 atom stereocenters. The number of ether oxygens (including phenoxy) is 1. The Balaban J connectivity index is 1.34. The van der Waals surface area contributed by atoms with Crippen LogP contribution < -0.4 is 4.90 Å². The molecule has 0 saturated carbocycles. The summed E-state index contributed by atoms with van der Waals surface area (Å²) < 4.78 is 32.6. The maximum absolute atomic E-state index is 13.8. The first-order valence-electron chi connectivity index (χ1n) is 11.2. The number of carbonyl (C=O) groups excluding carboxylic acids is 2. The normalized spacial score (nSPS) is 19.0. The SMILES string of the molecule is CCCCOC(=O)N1CC[C@H](C(=O)N2CCN(c3ccnc4cc(F)c(F)cc34)CC2)C1. The highest BCUT2D eigenvalue weighted by Gasteiger charge is 2.35. The standard InChI is InChI=1S/C23H28F2N4O3/c1-2-3-12-32-23(31)29-7-5-16(15-29)22(30)28-10-8-27(9-11-28)21-4-6-26-20-14-19(25)18(24)13-17(20)21/h4,6,13-14,16H,2-3,5,7-12,15H2,1H3/t16-/m0/s1. The number of anilines is 1. The van der Waals surface area contributed by atoms with Crippen LogP contribution in [0.15, 0.2) is 24.4 Å². The lowest BCUT2D eigenvalue weighted by Crippen LogP contribution is -2.50. The number of nitrogens with zero attached hydrogens (tertiary/aromatic N) is 4. The number of piperazine rings is 1. The molecule has 0 N–H and O–H groups in total. The molecule has 2 saturated heterocycles. The van der Waals surface area contributed by atoms with Gasteiger partial charge in [0.2, 0.25) is 5.91 Å². The van der Waals surface area contributed by atoms with Crippen LogP contribution in [0.5, 0.6) is 0 Å². The first-order valence-corrected chi connectivity index (χ1v) is 11.2. The van der Waals surface area contributed by atoms with E-state index in [0.29, 0.717) is 63.2 Å². The third-order valence-corrected chi connectivity index (χ3v) is 6.21. The van der Waals surface area contributed by atoms with Crippen molar-refractivity contribution in [2.75, 3.05) is 50.8 Å². The van der Waals surface area contributed by atoms with Crippen molar-refractivity contribution in [3.8, 4) is 0 Å². The third-order valence-electron chi connectivity index (χ3n) is 6.21. The summed E-state index contributed by atoms with van der Waals surface area (Å²) in [6, 6.07) is 4.07. The molecule has 0 spiro atoms. The van der Waals surface area contributed by atoms with E-state index in [1.165, 1.54) is 6.07 Å². The molecular weight excluding hydrogens is 418 g/mol. The van der Waals surface area contributed by atoms with Gasteiger partial charge in [0.15, 0.2) is 11.6 Å². The van der Waals surface area contributed by atoms with Crippen LogP contribution in [0.25, 0.3) is 10.9 Å². The number of likely N-dealkylation sites (tertiary alicyclic amines) is 1. The number of aromatic nitrogens is 1. The van der Waals surface area contributed by atoms with E-state index in [2.05, 4.69) is 9.88 Å². The van der Waals surface area contributed by atoms with Crippen molar-refractivity contribution in [3.05, 3.63) is 36.0 Å². The zero-order chi connectivity index (χ0) is 22.7. The predicted octanol–water partition coefficient (Wildman–Crippen LogP) is 3.42. The van der Waals surface area contributed by atoms with Gasteiger partial charge in [-0.15, -0.1) is 0 Å². The number of carbonyl (C=O) groups is 2. The van der Waals surface area contributed by atoms with Gasteiger partial charge in [-0.25, -0.2) is 13.6 Å². The molecule has 4 rings (SSSR count). The zero-order valence-corrected chi connectivity index (χ0v) is 18.2. The van der Waals surface area contributed by atoms with Crippen molar-refractivity contribution in [2.45, 2.75) is 26.2 Å². The van der Waals surface area contributed by atoms with Gasteiger partial charge < -0.3 is 19.4 Å². The predicted molar refractivity (Wildman–Crippen MR) is 116 cm³/mol. The summed E-state index contributed by atoms with van der Waals surface area (Å²) in [6.07, 6.45) is 3.68. The number of unbranched alkanes of at least 4 members (excludes halogenated alkanes) is 1. The van der Waals surface area contributed by atoms with E-state index in [1.807, 2.05) is 11.8 Å². The van der Waals surface area contributed by atoms with Crippen LogP contribution in [0, 0.1) is 17.6 Å². The molecule has 1 aromatic carbocycles. The third kappa shape index (κ3) is 4.61. The van der Waals surface area contributed by atoms with Crippen molar-refractivity contribution in [3.63, 3.8) is 0 Å². The second kappa shape index (κ2) is 9.67. The average Bonchev–Trinajstić information content (AvgIpc) is 3.30. The van der Waals surface area contributed by atoms with Crippen molar-refractivity contribution in [1.29, 1.82) is 0 Å². The Morgan fingerprint density at radius 2 is 1.84 bits per heavy atom. The molecule has 2 aliphatic heterocycles. The maximum atomic E-state index is 13.8. The van der Waals surface area contributed by atoms with E-state index < -0.39 is 11.6 Å². The quantitative estimate of drug-likeness (QED) is 0.659. The summed E-state index contributed by atoms with van der Waals surface area (Å²) >= 11 is 0. The second-order valence-electron chi connectivity index (χ2n) is 8.33. The molecule has 2 aromatic rings. The van der Waals surface area contributed by atoms with Gasteiger partial charge in [-0.1, -0.05) is 13.3 Å². The Hall–Kier alpha value is -2.97. The van der Waals surface area contributed by atoms with Crippen molar-refractivity contribution in [2.24, 2.45) is 5.92 Å². The number of benzene rings is 1. The number of amides is 2. The first-order chi connectivity index (χ1) is 15.5. The van der Waals surface area contributed by atoms with E-state index >= 15 is 0 Å². The van der Waals surface area contributed by atoms with Crippen LogP contribution in [0.4, 0.5) is 19.3 Å². The molecule has 1 aromatic heterocycles. The summed E-state index contributed by atoms with van der Waals surface area (Å²) in [5.74, 6) is -1.97. The summed E-state index contributed by atoms with van der Waals surface area (Å²) in [4.78, 5) is 34.8. The van der Waals surface area contributed by atoms with E-state index in [4.69, 9.17) is 4.74 Å². The maximum Gasteiger partial charge on any atom is 0.409 e. The Bertz CT molecular complexity index is 995. The molecular formula is C23H28F2N4O3. The number of hydrogen-bond donors (Lipinski definition) is 0. The summed E-state index contributed by atoms with van der Waals surface area (Å²) in [5.41, 5.74) is 1.18. The number of rotatable bonds is 5. The summed E-state index contributed by atoms with van der Waals surface area (Å²) in [5, 5.41) is 0.555. The van der Waals surface area contributed by atoms with Gasteiger partial charge >= 0.3 is 6.09 Å². The molecule has 3 heterocycles. The average molecular weight is 446 g/mol. The number of hydrogen-bond acceptors (Lipinski definition) is 5. The first kappa shape index (κ1) is 22.2. The molecule has 0 bridgehead atoms. The minimum atomic E-state index is -0.919. The van der Waals surface area contributed by atoms with Gasteiger partial charge in [0.05, 0.1) is 18.0 Å². The highest BCUT2D eigenvalue weighted by Crippen LogP contribution is 2.29. The Labute approximate surface area is 185 Å². The highest BCUT2D eigenvalue weighted by molar-refractivity contribution is 5.92. The van der Waals surface area contributed by atoms with E-state index in [-0.39, 0.29) is 17.9 Å². The van der Waals surface area contributed by atoms with Crippen LogP contribution in [0.2, 0.25) is 0 Å². The smallest absolute Gasteiger partial charge is 0.409 e. The van der Waals surface area contributed by atoms with Crippen LogP contribution in [0.3, 0.4) is 0 Å². The minimum Gasteiger partial charge on any atom is -0.449 e. The monoisotopic (exact) mass is 446 g/mol. The van der Waals surface area contributed by atoms with Gasteiger partial charge in [0, 0.05) is 62.6 Å². The fourth-order valence-corrected chi connectivity index (χ4v) is 4.35. The molecule has 9 heteroatoms. The van der Waals surface area contributed by atoms with Crippen LogP contribution in [0.1, 0.15) is 26.2 Å². The Morgan fingerprint density at radius 3 is 2.59 bits per heavy atom. The summed E-state index contributed by atoms with van der Waals surface area (Å²) in [7, 11) is 0. The molecule has 172 valence electrons. The Kier molecular flexibility index (Phi) is 6.72. The van der Waals surface area contributed by atoms with Gasteiger partial charge in [-0.05, 0) is 25.0 Å². The number of fused-ring (bicyclic) bond motifs is 1. The minimum absolute atomic E-state index is 0.0567. The van der Waals surface area contributed by atoms with Gasteiger partial charge in [0.25, 0.3) is 0 Å². The molecule has 32 heavy (non-hydrogen) atoms. The summed E-state index contributed by atoms with van der Waals surface area (Å²) in [6.45, 7) is 5.60. The zero-order valence-electron chi connectivity index (χ0n) is 18.2.